The van der Waals surface area contributed by atoms with Crippen LogP contribution in [0.1, 0.15) is 38.4 Å². The Morgan fingerprint density at radius 2 is 1.92 bits per heavy atom. The smallest absolute Gasteiger partial charge is 0.371 e. The Morgan fingerprint density at radius 1 is 1.17 bits per heavy atom. The number of nitriles is 1. The Hall–Kier alpha value is -3.88. The first kappa shape index (κ1) is 23.8. The van der Waals surface area contributed by atoms with E-state index >= 15 is 0 Å². The molecule has 5 rings (SSSR count). The number of aromatic nitrogens is 6. The van der Waals surface area contributed by atoms with Gasteiger partial charge in [0.05, 0.1) is 17.2 Å². The molecule has 36 heavy (non-hydrogen) atoms. The van der Waals surface area contributed by atoms with Crippen LogP contribution < -0.4 is 10.6 Å². The number of nitrogens with zero attached hydrogens (tertiary/aromatic N) is 7. The lowest BCUT2D eigenvalue weighted by Crippen LogP contribution is -2.31. The van der Waals surface area contributed by atoms with Gasteiger partial charge in [0.2, 0.25) is 5.95 Å². The molecule has 188 valence electrons. The average molecular weight is 498 g/mol. The normalized spacial score (nSPS) is 20.5. The zero-order chi connectivity index (χ0) is 25.7. The Kier molecular flexibility index (Phi) is 5.73. The molecule has 1 saturated carbocycles. The summed E-state index contributed by atoms with van der Waals surface area (Å²) < 4.78 is 42.2. The highest BCUT2D eigenvalue weighted by molar-refractivity contribution is 5.89. The molecule has 0 amide bonds. The van der Waals surface area contributed by atoms with E-state index in [1.807, 2.05) is 13.0 Å². The third-order valence-electron chi connectivity index (χ3n) is 6.84. The summed E-state index contributed by atoms with van der Waals surface area (Å²) >= 11 is 0. The van der Waals surface area contributed by atoms with Crippen LogP contribution in [0.15, 0.2) is 24.4 Å². The van der Waals surface area contributed by atoms with Gasteiger partial charge in [0, 0.05) is 24.8 Å². The second-order valence-corrected chi connectivity index (χ2v) is 9.55. The number of imidazole rings is 1. The van der Waals surface area contributed by atoms with Crippen LogP contribution >= 0.6 is 0 Å². The summed E-state index contributed by atoms with van der Waals surface area (Å²) in [5.74, 6) is 1.27. The lowest BCUT2D eigenvalue weighted by molar-refractivity contribution is -0.140. The molecule has 0 radical (unpaired) electrons. The number of hydrogen-bond acceptors (Lipinski definition) is 7. The molecule has 0 aliphatic heterocycles. The molecule has 0 unspecified atom stereocenters. The predicted molar refractivity (Wildman–Crippen MR) is 129 cm³/mol. The zero-order valence-electron chi connectivity index (χ0n) is 20.2. The highest BCUT2D eigenvalue weighted by atomic mass is 19.4. The molecule has 4 aromatic heterocycles. The van der Waals surface area contributed by atoms with E-state index in [0.717, 1.165) is 30.3 Å². The van der Waals surface area contributed by atoms with E-state index in [1.165, 1.54) is 6.92 Å². The number of halogens is 3. The number of anilines is 2. The van der Waals surface area contributed by atoms with Crippen molar-refractivity contribution in [3.05, 3.63) is 30.2 Å². The summed E-state index contributed by atoms with van der Waals surface area (Å²) in [7, 11) is 1.75. The molecule has 4 aromatic rings. The summed E-state index contributed by atoms with van der Waals surface area (Å²) in [6.07, 6.45) is 0.721. The van der Waals surface area contributed by atoms with E-state index in [0.29, 0.717) is 34.1 Å². The number of fused-ring (bicyclic) bond motifs is 2. The second kappa shape index (κ2) is 8.65. The van der Waals surface area contributed by atoms with Crippen LogP contribution in [0, 0.1) is 23.7 Å². The van der Waals surface area contributed by atoms with Crippen LogP contribution in [0.25, 0.3) is 27.9 Å². The van der Waals surface area contributed by atoms with Crippen LogP contribution in [0.5, 0.6) is 0 Å². The summed E-state index contributed by atoms with van der Waals surface area (Å²) in [6, 6.07) is 7.82. The molecule has 2 N–H and O–H groups in total. The maximum atomic E-state index is 13.1. The SMILES string of the molecule is CNc1nc(NC2CCC(C)(C#N)CC2)nn2ccc(-c3ccc4nc(C)n(CC(F)(F)F)c4n3)c12. The molecule has 0 spiro atoms. The number of alkyl halides is 3. The maximum Gasteiger partial charge on any atom is 0.406 e. The molecule has 0 atom stereocenters. The van der Waals surface area contributed by atoms with Crippen molar-refractivity contribution < 1.29 is 13.2 Å². The van der Waals surface area contributed by atoms with E-state index < -0.39 is 12.7 Å². The fraction of sp³-hybridized carbons (Fsp3) is 0.458. The number of nitrogens with one attached hydrogen (secondary N) is 2. The van der Waals surface area contributed by atoms with Gasteiger partial charge in [-0.15, -0.1) is 5.10 Å². The second-order valence-electron chi connectivity index (χ2n) is 9.55. The van der Waals surface area contributed by atoms with Gasteiger partial charge in [0.25, 0.3) is 0 Å². The Labute approximate surface area is 205 Å². The van der Waals surface area contributed by atoms with Crippen LogP contribution in [-0.4, -0.2) is 48.4 Å². The van der Waals surface area contributed by atoms with Gasteiger partial charge in [-0.05, 0) is 57.7 Å². The number of rotatable bonds is 5. The van der Waals surface area contributed by atoms with Crippen LogP contribution in [-0.2, 0) is 6.54 Å². The molecule has 1 fully saturated rings. The van der Waals surface area contributed by atoms with E-state index in [2.05, 4.69) is 36.8 Å². The van der Waals surface area contributed by atoms with E-state index in [-0.39, 0.29) is 22.9 Å². The topological polar surface area (TPSA) is 109 Å². The van der Waals surface area contributed by atoms with Crippen molar-refractivity contribution in [3.8, 4) is 17.3 Å². The van der Waals surface area contributed by atoms with Crippen molar-refractivity contribution in [2.24, 2.45) is 5.41 Å². The monoisotopic (exact) mass is 497 g/mol. The van der Waals surface area contributed by atoms with Crippen molar-refractivity contribution in [1.29, 1.82) is 5.26 Å². The van der Waals surface area contributed by atoms with E-state index in [9.17, 15) is 18.4 Å². The highest BCUT2D eigenvalue weighted by Gasteiger charge is 2.32. The largest absolute Gasteiger partial charge is 0.406 e. The summed E-state index contributed by atoms with van der Waals surface area (Å²) in [4.78, 5) is 13.4. The first-order chi connectivity index (χ1) is 17.1. The quantitative estimate of drug-likeness (QED) is 0.402. The molecule has 0 saturated heterocycles. The Bertz CT molecular complexity index is 1470. The third-order valence-corrected chi connectivity index (χ3v) is 6.84. The number of aryl methyl sites for hydroxylation is 1. The Balaban J connectivity index is 1.49. The molecular formula is C24H26F3N9. The van der Waals surface area contributed by atoms with Gasteiger partial charge >= 0.3 is 6.18 Å². The fourth-order valence-corrected chi connectivity index (χ4v) is 4.79. The first-order valence-electron chi connectivity index (χ1n) is 11.7. The maximum absolute atomic E-state index is 13.1. The lowest BCUT2D eigenvalue weighted by atomic mass is 9.75. The van der Waals surface area contributed by atoms with Crippen molar-refractivity contribution in [1.82, 2.24) is 29.1 Å². The van der Waals surface area contributed by atoms with Gasteiger partial charge < -0.3 is 15.2 Å². The predicted octanol–water partition coefficient (Wildman–Crippen LogP) is 4.94. The minimum absolute atomic E-state index is 0.171. The molecule has 1 aliphatic rings. The molecule has 0 aromatic carbocycles. The Morgan fingerprint density at radius 3 is 2.58 bits per heavy atom. The highest BCUT2D eigenvalue weighted by Crippen LogP contribution is 2.36. The van der Waals surface area contributed by atoms with Crippen LogP contribution in [0.3, 0.4) is 0 Å². The fourth-order valence-electron chi connectivity index (χ4n) is 4.79. The standard InChI is InChI=1S/C24H26F3N9/c1-14-30-18-5-4-17(32-21(18)35(14)13-24(25,26)27)16-8-11-36-19(16)20(29-3)33-22(34-36)31-15-6-9-23(2,12-28)10-7-15/h4-5,8,11,15H,6-7,9-10,13H2,1-3H3,(H2,29,31,33,34). The van der Waals surface area contributed by atoms with Gasteiger partial charge in [-0.3, -0.25) is 0 Å². The van der Waals surface area contributed by atoms with Crippen LogP contribution in [0.2, 0.25) is 0 Å². The third kappa shape index (κ3) is 4.41. The summed E-state index contributed by atoms with van der Waals surface area (Å²) in [5, 5.41) is 20.5. The molecule has 0 bridgehead atoms. The van der Waals surface area contributed by atoms with Crippen molar-refractivity contribution in [2.45, 2.75) is 58.3 Å². The minimum atomic E-state index is -4.39. The van der Waals surface area contributed by atoms with E-state index in [4.69, 9.17) is 0 Å². The molecule has 4 heterocycles. The van der Waals surface area contributed by atoms with Crippen molar-refractivity contribution in [2.75, 3.05) is 17.7 Å². The van der Waals surface area contributed by atoms with Gasteiger partial charge in [-0.25, -0.2) is 14.5 Å². The van der Waals surface area contributed by atoms with E-state index in [1.54, 1.807) is 29.9 Å². The average Bonchev–Trinajstić information content (AvgIpc) is 3.40. The lowest BCUT2D eigenvalue weighted by Gasteiger charge is -2.32. The minimum Gasteiger partial charge on any atom is -0.371 e. The first-order valence-corrected chi connectivity index (χ1v) is 11.7. The molecular weight excluding hydrogens is 471 g/mol. The summed E-state index contributed by atoms with van der Waals surface area (Å²) in [5.41, 5.74) is 2.14. The molecule has 1 aliphatic carbocycles. The van der Waals surface area contributed by atoms with Crippen molar-refractivity contribution in [3.63, 3.8) is 0 Å². The molecule has 9 nitrogen and oxygen atoms in total. The zero-order valence-corrected chi connectivity index (χ0v) is 20.2. The van der Waals surface area contributed by atoms with Gasteiger partial charge in [-0.1, -0.05) is 0 Å². The van der Waals surface area contributed by atoms with Gasteiger partial charge in [0.1, 0.15) is 23.4 Å². The number of pyridine rings is 1. The molecule has 12 heteroatoms. The van der Waals surface area contributed by atoms with Gasteiger partial charge in [-0.2, -0.15) is 23.4 Å². The van der Waals surface area contributed by atoms with Crippen molar-refractivity contribution >= 4 is 28.4 Å². The van der Waals surface area contributed by atoms with Crippen LogP contribution in [0.4, 0.5) is 24.9 Å². The number of hydrogen-bond donors (Lipinski definition) is 2. The van der Waals surface area contributed by atoms with Gasteiger partial charge in [0.15, 0.2) is 11.5 Å². The summed E-state index contributed by atoms with van der Waals surface area (Å²) in [6.45, 7) is 2.38.